The number of aliphatic carboxylic acids is 2. The lowest BCUT2D eigenvalue weighted by Gasteiger charge is -2.17. The van der Waals surface area contributed by atoms with E-state index in [9.17, 15) is 9.59 Å². The van der Waals surface area contributed by atoms with Crippen LogP contribution in [-0.2, 0) is 14.3 Å². The van der Waals surface area contributed by atoms with E-state index in [0.29, 0.717) is 19.7 Å². The minimum Gasteiger partial charge on any atom is -0.481 e. The van der Waals surface area contributed by atoms with E-state index in [2.05, 4.69) is 16.0 Å². The second kappa shape index (κ2) is 14.2. The van der Waals surface area contributed by atoms with E-state index in [4.69, 9.17) is 14.9 Å². The molecule has 0 aromatic heterocycles. The molecule has 0 heterocycles. The van der Waals surface area contributed by atoms with Gasteiger partial charge in [-0.25, -0.2) is 0 Å². The molecule has 1 aromatic carbocycles. The monoisotopic (exact) mass is 367 g/mol. The Morgan fingerprint density at radius 3 is 2.00 bits per heavy atom. The molecule has 0 bridgehead atoms. The number of carboxylic acids is 2. The number of carboxylic acid groups (broad SMARTS) is 2. The Morgan fingerprint density at radius 2 is 1.42 bits per heavy atom. The van der Waals surface area contributed by atoms with Gasteiger partial charge in [0.1, 0.15) is 0 Å². The minimum atomic E-state index is -0.882. The largest absolute Gasteiger partial charge is 0.481 e. The lowest BCUT2D eigenvalue weighted by atomic mass is 10.1. The number of carbonyl (C=O) groups is 2. The first kappa shape index (κ1) is 22.0. The summed E-state index contributed by atoms with van der Waals surface area (Å²) >= 11 is 0. The summed E-state index contributed by atoms with van der Waals surface area (Å²) < 4.78 is 5.71. The molecular formula is C18H29N3O5. The number of benzene rings is 1. The summed E-state index contributed by atoms with van der Waals surface area (Å²) in [6.07, 6.45) is -0.362. The summed E-state index contributed by atoms with van der Waals surface area (Å²) in [5, 5.41) is 27.0. The zero-order chi connectivity index (χ0) is 19.0. The second-order valence-electron chi connectivity index (χ2n) is 5.76. The van der Waals surface area contributed by atoms with E-state index in [1.165, 1.54) is 0 Å². The highest BCUT2D eigenvalue weighted by Crippen LogP contribution is 2.20. The molecule has 8 heteroatoms. The Balaban J connectivity index is 2.03. The molecule has 1 atom stereocenters. The first-order chi connectivity index (χ1) is 12.6. The minimum absolute atomic E-state index is 0.0551. The zero-order valence-corrected chi connectivity index (χ0v) is 14.9. The summed E-state index contributed by atoms with van der Waals surface area (Å²) in [5.74, 6) is -1.68. The second-order valence-corrected chi connectivity index (χ2v) is 5.76. The predicted octanol–water partition coefficient (Wildman–Crippen LogP) is 0.463. The number of hydrogen-bond donors (Lipinski definition) is 5. The molecule has 0 amide bonds. The SMILES string of the molecule is O=C(O)CCNCCNCCNCCOC(CC(=O)O)c1ccccc1. The smallest absolute Gasteiger partial charge is 0.306 e. The summed E-state index contributed by atoms with van der Waals surface area (Å²) in [7, 11) is 0. The summed E-state index contributed by atoms with van der Waals surface area (Å²) in [4.78, 5) is 21.3. The molecule has 8 nitrogen and oxygen atoms in total. The highest BCUT2D eigenvalue weighted by atomic mass is 16.5. The Hall–Kier alpha value is -2.00. The van der Waals surface area contributed by atoms with Crippen molar-refractivity contribution in [3.63, 3.8) is 0 Å². The van der Waals surface area contributed by atoms with Crippen molar-refractivity contribution in [2.24, 2.45) is 0 Å². The molecule has 1 unspecified atom stereocenters. The van der Waals surface area contributed by atoms with Crippen molar-refractivity contribution in [1.82, 2.24) is 16.0 Å². The van der Waals surface area contributed by atoms with Gasteiger partial charge in [-0.15, -0.1) is 0 Å². The van der Waals surface area contributed by atoms with E-state index in [-0.39, 0.29) is 12.8 Å². The van der Waals surface area contributed by atoms with Gasteiger partial charge in [0.25, 0.3) is 0 Å². The van der Waals surface area contributed by atoms with Gasteiger partial charge in [-0.2, -0.15) is 0 Å². The van der Waals surface area contributed by atoms with Gasteiger partial charge in [-0.1, -0.05) is 30.3 Å². The Bertz CT molecular complexity index is 513. The Labute approximate surface area is 153 Å². The lowest BCUT2D eigenvalue weighted by Crippen LogP contribution is -2.34. The Kier molecular flexibility index (Phi) is 12.0. The fourth-order valence-corrected chi connectivity index (χ4v) is 2.30. The summed E-state index contributed by atoms with van der Waals surface area (Å²) in [6, 6.07) is 9.37. The molecule has 0 radical (unpaired) electrons. The summed E-state index contributed by atoms with van der Waals surface area (Å²) in [5.41, 5.74) is 0.868. The highest BCUT2D eigenvalue weighted by Gasteiger charge is 2.15. The fourth-order valence-electron chi connectivity index (χ4n) is 2.30. The van der Waals surface area contributed by atoms with Crippen molar-refractivity contribution < 1.29 is 24.5 Å². The van der Waals surface area contributed by atoms with Crippen LogP contribution in [0.1, 0.15) is 24.5 Å². The zero-order valence-electron chi connectivity index (χ0n) is 14.9. The van der Waals surface area contributed by atoms with Crippen molar-refractivity contribution in [3.05, 3.63) is 35.9 Å². The maximum Gasteiger partial charge on any atom is 0.306 e. The van der Waals surface area contributed by atoms with E-state index >= 15 is 0 Å². The third-order valence-corrected chi connectivity index (χ3v) is 3.60. The average molecular weight is 367 g/mol. The molecule has 1 rings (SSSR count). The van der Waals surface area contributed by atoms with E-state index in [1.807, 2.05) is 30.3 Å². The number of hydrogen-bond acceptors (Lipinski definition) is 6. The summed E-state index contributed by atoms with van der Waals surface area (Å²) in [6.45, 7) is 4.61. The van der Waals surface area contributed by atoms with Crippen molar-refractivity contribution in [3.8, 4) is 0 Å². The van der Waals surface area contributed by atoms with Gasteiger partial charge in [0.2, 0.25) is 0 Å². The maximum absolute atomic E-state index is 11.0. The van der Waals surface area contributed by atoms with Crippen molar-refractivity contribution in [2.45, 2.75) is 18.9 Å². The first-order valence-electron chi connectivity index (χ1n) is 8.82. The molecule has 5 N–H and O–H groups in total. The van der Waals surface area contributed by atoms with Crippen LogP contribution in [-0.4, -0.2) is 68.0 Å². The van der Waals surface area contributed by atoms with Crippen LogP contribution < -0.4 is 16.0 Å². The molecule has 1 aromatic rings. The van der Waals surface area contributed by atoms with Gasteiger partial charge in [0, 0.05) is 39.3 Å². The van der Waals surface area contributed by atoms with Crippen LogP contribution in [0, 0.1) is 0 Å². The van der Waals surface area contributed by atoms with Crippen molar-refractivity contribution in [2.75, 3.05) is 45.9 Å². The molecule has 0 aliphatic carbocycles. The first-order valence-corrected chi connectivity index (χ1v) is 8.82. The van der Waals surface area contributed by atoms with E-state index in [0.717, 1.165) is 31.7 Å². The van der Waals surface area contributed by atoms with Crippen LogP contribution in [0.25, 0.3) is 0 Å². The van der Waals surface area contributed by atoms with Crippen LogP contribution in [0.15, 0.2) is 30.3 Å². The molecule has 0 saturated carbocycles. The molecule has 0 aliphatic rings. The van der Waals surface area contributed by atoms with Gasteiger partial charge in [0.05, 0.1) is 25.6 Å². The highest BCUT2D eigenvalue weighted by molar-refractivity contribution is 5.67. The van der Waals surface area contributed by atoms with E-state index < -0.39 is 18.0 Å². The third-order valence-electron chi connectivity index (χ3n) is 3.60. The van der Waals surface area contributed by atoms with Gasteiger partial charge >= 0.3 is 11.9 Å². The molecular weight excluding hydrogens is 338 g/mol. The van der Waals surface area contributed by atoms with Crippen molar-refractivity contribution in [1.29, 1.82) is 0 Å². The molecule has 0 saturated heterocycles. The molecule has 0 spiro atoms. The molecule has 0 fully saturated rings. The van der Waals surface area contributed by atoms with Gasteiger partial charge < -0.3 is 30.9 Å². The number of rotatable bonds is 16. The average Bonchev–Trinajstić information content (AvgIpc) is 2.61. The molecule has 26 heavy (non-hydrogen) atoms. The predicted molar refractivity (Wildman–Crippen MR) is 98.2 cm³/mol. The van der Waals surface area contributed by atoms with Gasteiger partial charge in [-0.3, -0.25) is 9.59 Å². The van der Waals surface area contributed by atoms with Crippen LogP contribution in [0.4, 0.5) is 0 Å². The Morgan fingerprint density at radius 1 is 0.846 bits per heavy atom. The number of ether oxygens (including phenoxy) is 1. The van der Waals surface area contributed by atoms with Gasteiger partial charge in [-0.05, 0) is 5.56 Å². The van der Waals surface area contributed by atoms with Gasteiger partial charge in [0.15, 0.2) is 0 Å². The van der Waals surface area contributed by atoms with Crippen LogP contribution in [0.2, 0.25) is 0 Å². The standard InChI is InChI=1S/C18H29N3O5/c22-17(23)6-7-19-8-9-20-10-11-21-12-13-26-16(14-18(24)25)15-4-2-1-3-5-15/h1-5,16,19-21H,6-14H2,(H,22,23)(H,24,25). The quantitative estimate of drug-likeness (QED) is 0.267. The third kappa shape index (κ3) is 11.5. The van der Waals surface area contributed by atoms with Crippen LogP contribution >= 0.6 is 0 Å². The van der Waals surface area contributed by atoms with Crippen LogP contribution in [0.5, 0.6) is 0 Å². The fraction of sp³-hybridized carbons (Fsp3) is 0.556. The number of nitrogens with one attached hydrogen (secondary N) is 3. The molecule has 146 valence electrons. The van der Waals surface area contributed by atoms with Crippen molar-refractivity contribution >= 4 is 11.9 Å². The molecule has 0 aliphatic heterocycles. The van der Waals surface area contributed by atoms with Crippen LogP contribution in [0.3, 0.4) is 0 Å². The lowest BCUT2D eigenvalue weighted by molar-refractivity contribution is -0.140. The maximum atomic E-state index is 11.0. The normalized spacial score (nSPS) is 12.0. The topological polar surface area (TPSA) is 120 Å². The van der Waals surface area contributed by atoms with E-state index in [1.54, 1.807) is 0 Å².